The molecule has 1 amide bonds. The van der Waals surface area contributed by atoms with Crippen LogP contribution in [0.5, 0.6) is 5.75 Å². The number of hydrogen-bond acceptors (Lipinski definition) is 5. The Morgan fingerprint density at radius 2 is 1.86 bits per heavy atom. The molecule has 6 nitrogen and oxygen atoms in total. The Hall–Kier alpha value is -1.84. The van der Waals surface area contributed by atoms with E-state index in [0.717, 1.165) is 26.2 Å². The maximum atomic E-state index is 12.9. The highest BCUT2D eigenvalue weighted by Gasteiger charge is 2.37. The zero-order valence-corrected chi connectivity index (χ0v) is 15.5. The predicted octanol–water partition coefficient (Wildman–Crippen LogP) is 1.71. The monoisotopic (exact) mass is 399 g/mol. The topological polar surface area (TPSA) is 54.0 Å². The number of benzene rings is 1. The van der Waals surface area contributed by atoms with Crippen molar-refractivity contribution < 1.29 is 27.4 Å². The van der Waals surface area contributed by atoms with Gasteiger partial charge in [0, 0.05) is 32.7 Å². The van der Waals surface area contributed by atoms with Gasteiger partial charge in [-0.2, -0.15) is 0 Å². The van der Waals surface area contributed by atoms with Gasteiger partial charge in [-0.25, -0.2) is 0 Å². The maximum Gasteiger partial charge on any atom is 0.573 e. The third-order valence-electron chi connectivity index (χ3n) is 5.67. The molecule has 2 unspecified atom stereocenters. The van der Waals surface area contributed by atoms with Crippen LogP contribution in [0.1, 0.15) is 15.9 Å². The second-order valence-corrected chi connectivity index (χ2v) is 7.66. The van der Waals surface area contributed by atoms with Crippen LogP contribution in [0.3, 0.4) is 0 Å². The summed E-state index contributed by atoms with van der Waals surface area (Å²) >= 11 is 0. The van der Waals surface area contributed by atoms with Gasteiger partial charge in [0.25, 0.3) is 5.91 Å². The number of carbonyl (C=O) groups is 1. The molecule has 1 aromatic carbocycles. The smallest absolute Gasteiger partial charge is 0.405 e. The average molecular weight is 399 g/mol. The van der Waals surface area contributed by atoms with Gasteiger partial charge in [-0.1, -0.05) is 6.07 Å². The normalized spacial score (nSPS) is 25.8. The Bertz CT molecular complexity index is 710. The molecule has 0 bridgehead atoms. The number of carbonyl (C=O) groups excluding carboxylic acids is 1. The fourth-order valence-corrected chi connectivity index (χ4v) is 4.33. The fourth-order valence-electron chi connectivity index (χ4n) is 4.33. The molecule has 2 atom stereocenters. The van der Waals surface area contributed by atoms with E-state index < -0.39 is 18.0 Å². The van der Waals surface area contributed by atoms with E-state index in [2.05, 4.69) is 15.0 Å². The first kappa shape index (κ1) is 19.5. The summed E-state index contributed by atoms with van der Waals surface area (Å²) in [5, 5.41) is 3.37. The number of nitrogens with zero attached hydrogens (tertiary/aromatic N) is 2. The number of alkyl halides is 3. The minimum Gasteiger partial charge on any atom is -0.405 e. The van der Waals surface area contributed by atoms with Gasteiger partial charge in [-0.15, -0.1) is 13.2 Å². The second kappa shape index (κ2) is 7.88. The number of morpholine rings is 1. The van der Waals surface area contributed by atoms with Gasteiger partial charge in [0.2, 0.25) is 0 Å². The number of halogens is 3. The number of amides is 1. The lowest BCUT2D eigenvalue weighted by molar-refractivity contribution is -0.274. The van der Waals surface area contributed by atoms with Gasteiger partial charge < -0.3 is 19.7 Å². The molecule has 0 radical (unpaired) electrons. The van der Waals surface area contributed by atoms with Crippen molar-refractivity contribution in [2.75, 3.05) is 52.5 Å². The summed E-state index contributed by atoms with van der Waals surface area (Å²) in [7, 11) is 0. The van der Waals surface area contributed by atoms with Crippen molar-refractivity contribution in [1.82, 2.24) is 15.1 Å². The molecule has 3 aliphatic heterocycles. The predicted molar refractivity (Wildman–Crippen MR) is 95.0 cm³/mol. The molecule has 28 heavy (non-hydrogen) atoms. The first-order chi connectivity index (χ1) is 13.4. The van der Waals surface area contributed by atoms with Crippen molar-refractivity contribution >= 4 is 5.91 Å². The van der Waals surface area contributed by atoms with Gasteiger partial charge in [-0.05, 0) is 42.6 Å². The van der Waals surface area contributed by atoms with Gasteiger partial charge >= 0.3 is 6.36 Å². The number of nitrogens with one attached hydrogen (secondary N) is 1. The Morgan fingerprint density at radius 3 is 2.50 bits per heavy atom. The molecule has 0 saturated carbocycles. The quantitative estimate of drug-likeness (QED) is 0.836. The molecule has 9 heteroatoms. The molecule has 154 valence electrons. The SMILES string of the molecule is O=C(c1ccc(CN2CC3CNCC3C2)cc1OC(F)(F)F)N1CCOCC1. The summed E-state index contributed by atoms with van der Waals surface area (Å²) in [4.78, 5) is 16.5. The lowest BCUT2D eigenvalue weighted by Gasteiger charge is -2.28. The van der Waals surface area contributed by atoms with Crippen molar-refractivity contribution in [2.45, 2.75) is 12.9 Å². The summed E-state index contributed by atoms with van der Waals surface area (Å²) in [6.45, 7) is 5.88. The Kier molecular flexibility index (Phi) is 5.48. The number of ether oxygens (including phenoxy) is 2. The average Bonchev–Trinajstić information content (AvgIpc) is 3.22. The molecule has 1 N–H and O–H groups in total. The molecule has 4 rings (SSSR count). The largest absolute Gasteiger partial charge is 0.573 e. The molecule has 3 fully saturated rings. The van der Waals surface area contributed by atoms with Crippen LogP contribution in [0.15, 0.2) is 18.2 Å². The molecule has 3 aliphatic rings. The van der Waals surface area contributed by atoms with Crippen LogP contribution in [-0.4, -0.2) is 74.6 Å². The zero-order chi connectivity index (χ0) is 19.7. The molecule has 1 aromatic rings. The van der Waals surface area contributed by atoms with Crippen LogP contribution >= 0.6 is 0 Å². The lowest BCUT2D eigenvalue weighted by Crippen LogP contribution is -2.41. The highest BCUT2D eigenvalue weighted by atomic mass is 19.4. The number of likely N-dealkylation sites (tertiary alicyclic amines) is 1. The molecular weight excluding hydrogens is 375 g/mol. The van der Waals surface area contributed by atoms with E-state index in [1.807, 2.05) is 0 Å². The van der Waals surface area contributed by atoms with Gasteiger partial charge in [0.05, 0.1) is 18.8 Å². The maximum absolute atomic E-state index is 12.9. The fraction of sp³-hybridized carbons (Fsp3) is 0.632. The van der Waals surface area contributed by atoms with Crippen molar-refractivity contribution in [3.05, 3.63) is 29.3 Å². The summed E-state index contributed by atoms with van der Waals surface area (Å²) in [5.74, 6) is 0.319. The summed E-state index contributed by atoms with van der Waals surface area (Å²) in [6, 6.07) is 4.53. The molecular formula is C19H24F3N3O3. The molecule has 0 aromatic heterocycles. The molecule has 3 saturated heterocycles. The standard InChI is InChI=1S/C19H24F3N3O3/c20-19(21,22)28-17-7-13(10-24-11-14-8-23-9-15(14)12-24)1-2-16(17)18(26)25-3-5-27-6-4-25/h1-2,7,14-15,23H,3-6,8-12H2. The van der Waals surface area contributed by atoms with E-state index >= 15 is 0 Å². The number of fused-ring (bicyclic) bond motifs is 1. The van der Waals surface area contributed by atoms with Gasteiger partial charge in [0.1, 0.15) is 5.75 Å². The van der Waals surface area contributed by atoms with Crippen LogP contribution in [0, 0.1) is 11.8 Å². The highest BCUT2D eigenvalue weighted by molar-refractivity contribution is 5.97. The first-order valence-corrected chi connectivity index (χ1v) is 9.58. The van der Waals surface area contributed by atoms with Crippen molar-refractivity contribution in [1.29, 1.82) is 0 Å². The van der Waals surface area contributed by atoms with Crippen LogP contribution in [0.2, 0.25) is 0 Å². The van der Waals surface area contributed by atoms with Crippen molar-refractivity contribution in [3.8, 4) is 5.75 Å². The third kappa shape index (κ3) is 4.42. The van der Waals surface area contributed by atoms with E-state index in [4.69, 9.17) is 4.74 Å². The molecule has 3 heterocycles. The van der Waals surface area contributed by atoms with Crippen molar-refractivity contribution in [3.63, 3.8) is 0 Å². The third-order valence-corrected chi connectivity index (χ3v) is 5.67. The number of rotatable bonds is 4. The lowest BCUT2D eigenvalue weighted by atomic mass is 10.0. The Labute approximate surface area is 161 Å². The summed E-state index contributed by atoms with van der Waals surface area (Å²) in [6.07, 6.45) is -4.85. The second-order valence-electron chi connectivity index (χ2n) is 7.66. The summed E-state index contributed by atoms with van der Waals surface area (Å²) in [5.41, 5.74) is 0.649. The van der Waals surface area contributed by atoms with Gasteiger partial charge in [0.15, 0.2) is 0 Å². The van der Waals surface area contributed by atoms with E-state index in [0.29, 0.717) is 50.2 Å². The van der Waals surface area contributed by atoms with Gasteiger partial charge in [-0.3, -0.25) is 9.69 Å². The van der Waals surface area contributed by atoms with E-state index in [-0.39, 0.29) is 5.56 Å². The van der Waals surface area contributed by atoms with Crippen LogP contribution < -0.4 is 10.1 Å². The van der Waals surface area contributed by atoms with Crippen LogP contribution in [0.25, 0.3) is 0 Å². The molecule has 0 aliphatic carbocycles. The summed E-state index contributed by atoms with van der Waals surface area (Å²) < 4.78 is 48.2. The zero-order valence-electron chi connectivity index (χ0n) is 15.5. The number of hydrogen-bond donors (Lipinski definition) is 1. The minimum absolute atomic E-state index is 0.0644. The van der Waals surface area contributed by atoms with E-state index in [1.54, 1.807) is 6.07 Å². The first-order valence-electron chi connectivity index (χ1n) is 9.58. The Morgan fingerprint density at radius 1 is 1.18 bits per heavy atom. The van der Waals surface area contributed by atoms with Crippen LogP contribution in [-0.2, 0) is 11.3 Å². The molecule has 0 spiro atoms. The van der Waals surface area contributed by atoms with E-state index in [9.17, 15) is 18.0 Å². The minimum atomic E-state index is -4.85. The van der Waals surface area contributed by atoms with Crippen LogP contribution in [0.4, 0.5) is 13.2 Å². The van der Waals surface area contributed by atoms with Crippen molar-refractivity contribution in [2.24, 2.45) is 11.8 Å². The Balaban J connectivity index is 1.52. The highest BCUT2D eigenvalue weighted by Crippen LogP contribution is 2.31. The van der Waals surface area contributed by atoms with E-state index in [1.165, 1.54) is 17.0 Å².